The maximum Gasteiger partial charge on any atom is 0.409 e. The second-order valence-corrected chi connectivity index (χ2v) is 10.8. The van der Waals surface area contributed by atoms with E-state index in [0.29, 0.717) is 12.6 Å². The molecule has 2 aromatic rings. The predicted molar refractivity (Wildman–Crippen MR) is 131 cm³/mol. The summed E-state index contributed by atoms with van der Waals surface area (Å²) >= 11 is 3.76. The van der Waals surface area contributed by atoms with Gasteiger partial charge in [0.25, 0.3) is 0 Å². The van der Waals surface area contributed by atoms with Crippen LogP contribution in [0.1, 0.15) is 22.7 Å². The lowest BCUT2D eigenvalue weighted by Crippen LogP contribution is -2.49. The number of amides is 1. The minimum atomic E-state index is -0.158. The molecule has 2 saturated heterocycles. The average molecular weight is 470 g/mol. The first-order valence-electron chi connectivity index (χ1n) is 11.4. The number of piperazine rings is 1. The number of benzene rings is 2. The number of rotatable bonds is 5. The van der Waals surface area contributed by atoms with Crippen LogP contribution in [-0.2, 0) is 11.2 Å². The van der Waals surface area contributed by atoms with Gasteiger partial charge in [0.1, 0.15) is 6.61 Å². The highest BCUT2D eigenvalue weighted by atomic mass is 32.2. The molecule has 1 amide bonds. The zero-order chi connectivity index (χ0) is 22.1. The summed E-state index contributed by atoms with van der Waals surface area (Å²) in [7, 11) is 0. The zero-order valence-electron chi connectivity index (χ0n) is 18.9. The number of nitrogens with zero attached hydrogens (tertiary/aromatic N) is 3. The molecule has 2 aromatic carbocycles. The van der Waals surface area contributed by atoms with Gasteiger partial charge < -0.3 is 9.64 Å². The number of carbonyl (C=O) groups is 1. The lowest BCUT2D eigenvalue weighted by molar-refractivity contribution is 0.0888. The van der Waals surface area contributed by atoms with E-state index in [4.69, 9.17) is 4.74 Å². The van der Waals surface area contributed by atoms with E-state index in [1.54, 1.807) is 0 Å². The van der Waals surface area contributed by atoms with Crippen LogP contribution in [0.3, 0.4) is 0 Å². The van der Waals surface area contributed by atoms with E-state index in [2.05, 4.69) is 59.4 Å². The molecule has 2 fully saturated rings. The van der Waals surface area contributed by atoms with Crippen LogP contribution < -0.4 is 0 Å². The van der Waals surface area contributed by atoms with Crippen LogP contribution in [0, 0.1) is 6.92 Å². The second kappa shape index (κ2) is 9.67. The Morgan fingerprint density at radius 1 is 1.03 bits per heavy atom. The minimum Gasteiger partial charge on any atom is -0.448 e. The van der Waals surface area contributed by atoms with Crippen molar-refractivity contribution in [2.45, 2.75) is 34.1 Å². The summed E-state index contributed by atoms with van der Waals surface area (Å²) in [5.74, 6) is 0. The largest absolute Gasteiger partial charge is 0.448 e. The molecule has 0 spiro atoms. The first-order valence-corrected chi connectivity index (χ1v) is 13.5. The number of fused-ring (bicyclic) bond motifs is 2. The molecule has 0 radical (unpaired) electrons. The van der Waals surface area contributed by atoms with Gasteiger partial charge in [0.15, 0.2) is 0 Å². The number of hydrogen-bond donors (Lipinski definition) is 0. The van der Waals surface area contributed by atoms with Gasteiger partial charge in [-0.3, -0.25) is 9.80 Å². The predicted octanol–water partition coefficient (Wildman–Crippen LogP) is 4.54. The molecule has 7 heteroatoms. The van der Waals surface area contributed by atoms with Gasteiger partial charge in [0, 0.05) is 60.0 Å². The van der Waals surface area contributed by atoms with E-state index in [1.165, 1.54) is 31.4 Å². The maximum atomic E-state index is 11.7. The lowest BCUT2D eigenvalue weighted by Gasteiger charge is -2.40. The molecule has 0 aromatic heterocycles. The smallest absolute Gasteiger partial charge is 0.409 e. The molecule has 5 nitrogen and oxygen atoms in total. The summed E-state index contributed by atoms with van der Waals surface area (Å²) in [6, 6.07) is 14.3. The van der Waals surface area contributed by atoms with Gasteiger partial charge in [-0.1, -0.05) is 23.9 Å². The fourth-order valence-corrected chi connectivity index (χ4v) is 6.55. The van der Waals surface area contributed by atoms with Crippen molar-refractivity contribution in [2.75, 3.05) is 58.7 Å². The molecule has 1 atom stereocenters. The number of cyclic esters (lactones) is 1. The monoisotopic (exact) mass is 469 g/mol. The van der Waals surface area contributed by atoms with Crippen LogP contribution >= 0.6 is 23.5 Å². The van der Waals surface area contributed by atoms with Gasteiger partial charge in [0.05, 0.1) is 6.54 Å². The highest BCUT2D eigenvalue weighted by Crippen LogP contribution is 2.44. The van der Waals surface area contributed by atoms with Crippen molar-refractivity contribution in [3.63, 3.8) is 0 Å². The van der Waals surface area contributed by atoms with Gasteiger partial charge >= 0.3 is 6.09 Å². The van der Waals surface area contributed by atoms with Gasteiger partial charge in [-0.25, -0.2) is 4.79 Å². The van der Waals surface area contributed by atoms with Crippen molar-refractivity contribution in [3.8, 4) is 0 Å². The quantitative estimate of drug-likeness (QED) is 0.599. The van der Waals surface area contributed by atoms with Crippen molar-refractivity contribution >= 4 is 29.6 Å². The van der Waals surface area contributed by atoms with Crippen molar-refractivity contribution in [1.82, 2.24) is 14.7 Å². The van der Waals surface area contributed by atoms with E-state index in [9.17, 15) is 4.79 Å². The van der Waals surface area contributed by atoms with Crippen LogP contribution in [-0.4, -0.2) is 79.5 Å². The van der Waals surface area contributed by atoms with Crippen LogP contribution in [0.15, 0.2) is 51.1 Å². The second-order valence-electron chi connectivity index (χ2n) is 8.82. The summed E-state index contributed by atoms with van der Waals surface area (Å²) in [6.45, 7) is 9.35. The van der Waals surface area contributed by atoms with Gasteiger partial charge in [0.2, 0.25) is 0 Å². The molecule has 0 bridgehead atoms. The molecule has 0 aliphatic carbocycles. The maximum absolute atomic E-state index is 11.7. The summed E-state index contributed by atoms with van der Waals surface area (Å²) in [5.41, 5.74) is 4.26. The Hall–Kier alpha value is -1.67. The van der Waals surface area contributed by atoms with Crippen molar-refractivity contribution in [2.24, 2.45) is 0 Å². The highest BCUT2D eigenvalue weighted by Gasteiger charge is 2.31. The zero-order valence-corrected chi connectivity index (χ0v) is 20.5. The topological polar surface area (TPSA) is 36.0 Å². The fraction of sp³-hybridized carbons (Fsp3) is 0.480. The van der Waals surface area contributed by atoms with Crippen molar-refractivity contribution in [1.29, 1.82) is 0 Å². The van der Waals surface area contributed by atoms with Gasteiger partial charge in [-0.2, -0.15) is 0 Å². The highest BCUT2D eigenvalue weighted by molar-refractivity contribution is 7.99. The molecule has 1 unspecified atom stereocenters. The molecule has 0 N–H and O–H groups in total. The Labute approximate surface area is 199 Å². The average Bonchev–Trinajstić information content (AvgIpc) is 3.15. The molecule has 3 aliphatic heterocycles. The summed E-state index contributed by atoms with van der Waals surface area (Å²) in [5, 5.41) is 0. The number of thioether (sulfide) groups is 1. The normalized spacial score (nSPS) is 21.8. The van der Waals surface area contributed by atoms with E-state index < -0.39 is 0 Å². The van der Waals surface area contributed by atoms with Crippen LogP contribution in [0.2, 0.25) is 0 Å². The Morgan fingerprint density at radius 2 is 1.88 bits per heavy atom. The summed E-state index contributed by atoms with van der Waals surface area (Å²) in [6.07, 6.45) is 3.07. The standard InChI is InChI=1S/C25H31N3O2S2/c1-18-3-4-19-16-22(21-17-20(31-2)5-6-23(21)32-24(19)15-18)27-10-7-26(8-11-27)9-12-28-13-14-30-25(28)29/h3-6,15,17,22H,7-14,16H2,1-2H3. The van der Waals surface area contributed by atoms with Gasteiger partial charge in [-0.05, 0) is 60.6 Å². The van der Waals surface area contributed by atoms with E-state index in [-0.39, 0.29) is 6.09 Å². The molecular weight excluding hydrogens is 438 g/mol. The number of hydrogen-bond acceptors (Lipinski definition) is 6. The van der Waals surface area contributed by atoms with Crippen molar-refractivity contribution < 1.29 is 9.53 Å². The van der Waals surface area contributed by atoms with Crippen LogP contribution in [0.4, 0.5) is 4.79 Å². The van der Waals surface area contributed by atoms with E-state index in [0.717, 1.165) is 52.2 Å². The van der Waals surface area contributed by atoms with E-state index in [1.807, 2.05) is 28.4 Å². The molecule has 3 heterocycles. The van der Waals surface area contributed by atoms with Crippen LogP contribution in [0.5, 0.6) is 0 Å². The third-order valence-electron chi connectivity index (χ3n) is 6.81. The molecular formula is C25H31N3O2S2. The fourth-order valence-electron chi connectivity index (χ4n) is 4.88. The molecule has 0 saturated carbocycles. The Morgan fingerprint density at radius 3 is 2.62 bits per heavy atom. The Kier molecular flexibility index (Phi) is 6.69. The molecule has 3 aliphatic rings. The van der Waals surface area contributed by atoms with Crippen LogP contribution in [0.25, 0.3) is 0 Å². The molecule has 5 rings (SSSR count). The van der Waals surface area contributed by atoms with Gasteiger partial charge in [-0.15, -0.1) is 11.8 Å². The SMILES string of the molecule is CSc1ccc2c(c1)C(N1CCN(CCN3CCOC3=O)CC1)Cc1ccc(C)cc1S2. The number of carbonyl (C=O) groups excluding carboxylic acids is 1. The third-order valence-corrected chi connectivity index (χ3v) is 8.73. The minimum absolute atomic E-state index is 0.158. The summed E-state index contributed by atoms with van der Waals surface area (Å²) < 4.78 is 5.06. The molecule has 32 heavy (non-hydrogen) atoms. The number of aryl methyl sites for hydroxylation is 1. The number of ether oxygens (including phenoxy) is 1. The third kappa shape index (κ3) is 4.67. The molecule has 170 valence electrons. The first kappa shape index (κ1) is 22.1. The Bertz CT molecular complexity index is 991. The lowest BCUT2D eigenvalue weighted by atomic mass is 9.96. The Balaban J connectivity index is 1.32. The van der Waals surface area contributed by atoms with Crippen molar-refractivity contribution in [3.05, 3.63) is 53.1 Å². The first-order chi connectivity index (χ1) is 15.6. The summed E-state index contributed by atoms with van der Waals surface area (Å²) in [4.78, 5) is 22.8. The van der Waals surface area contributed by atoms with E-state index >= 15 is 0 Å².